The van der Waals surface area contributed by atoms with E-state index in [1.54, 1.807) is 6.92 Å². The van der Waals surface area contributed by atoms with E-state index in [0.29, 0.717) is 36.4 Å². The van der Waals surface area contributed by atoms with Crippen LogP contribution in [0.25, 0.3) is 24.3 Å². The maximum Gasteiger partial charge on any atom is 0.307 e. The number of fused-ring (bicyclic) bond motifs is 9. The van der Waals surface area contributed by atoms with E-state index in [4.69, 9.17) is 4.74 Å². The van der Waals surface area contributed by atoms with Crippen molar-refractivity contribution in [2.45, 2.75) is 77.0 Å². The van der Waals surface area contributed by atoms with Crippen molar-refractivity contribution < 1.29 is 24.5 Å². The summed E-state index contributed by atoms with van der Waals surface area (Å²) in [4.78, 5) is 31.3. The van der Waals surface area contributed by atoms with Crippen molar-refractivity contribution in [3.63, 3.8) is 0 Å². The summed E-state index contributed by atoms with van der Waals surface area (Å²) >= 11 is 0. The molecular formula is C34H38N4O5. The lowest BCUT2D eigenvalue weighted by Crippen LogP contribution is -2.49. The SMILES string of the molecule is C=CC1=C(C)/C2=C/c3[nH]c(c(CCC(=O)O)c3C)/C=C3\N/C(=C\c4[nH]c(c(C)c4C=C)CC1N2)[C@](C)(O)[C@@]31CCC(=O)O1. The molecule has 0 radical (unpaired) electrons. The minimum atomic E-state index is -1.57. The lowest BCUT2D eigenvalue weighted by Gasteiger charge is -2.34. The molecule has 9 heteroatoms. The lowest BCUT2D eigenvalue weighted by molar-refractivity contribution is -0.158. The van der Waals surface area contributed by atoms with Gasteiger partial charge in [0.15, 0.2) is 5.60 Å². The number of aromatic amines is 2. The third-order valence-corrected chi connectivity index (χ3v) is 9.70. The van der Waals surface area contributed by atoms with Crippen molar-refractivity contribution in [2.75, 3.05) is 0 Å². The van der Waals surface area contributed by atoms with Crippen molar-refractivity contribution in [1.82, 2.24) is 20.6 Å². The number of carboxylic acid groups (broad SMARTS) is 1. The van der Waals surface area contributed by atoms with Gasteiger partial charge in [-0.1, -0.05) is 25.3 Å². The van der Waals surface area contributed by atoms with Crippen molar-refractivity contribution in [1.29, 1.82) is 0 Å². The smallest absolute Gasteiger partial charge is 0.307 e. The fourth-order valence-corrected chi connectivity index (χ4v) is 7.09. The van der Waals surface area contributed by atoms with Gasteiger partial charge in [-0.05, 0) is 80.2 Å². The van der Waals surface area contributed by atoms with Crippen molar-refractivity contribution in [2.24, 2.45) is 0 Å². The first kappa shape index (κ1) is 28.6. The van der Waals surface area contributed by atoms with Crippen LogP contribution in [0.15, 0.2) is 47.5 Å². The van der Waals surface area contributed by atoms with Gasteiger partial charge in [0.2, 0.25) is 0 Å². The highest BCUT2D eigenvalue weighted by atomic mass is 16.6. The number of hydrogen-bond donors (Lipinski definition) is 6. The van der Waals surface area contributed by atoms with Crippen LogP contribution in [0.2, 0.25) is 0 Å². The number of aliphatic carboxylic acids is 1. The van der Waals surface area contributed by atoms with Crippen LogP contribution in [0.4, 0.5) is 0 Å². The molecule has 6 heterocycles. The van der Waals surface area contributed by atoms with Gasteiger partial charge in [0, 0.05) is 59.7 Å². The van der Waals surface area contributed by atoms with Gasteiger partial charge >= 0.3 is 11.9 Å². The summed E-state index contributed by atoms with van der Waals surface area (Å²) in [6.45, 7) is 15.9. The van der Waals surface area contributed by atoms with Crippen molar-refractivity contribution >= 4 is 36.2 Å². The maximum atomic E-state index is 12.6. The van der Waals surface area contributed by atoms with Crippen LogP contribution < -0.4 is 10.6 Å². The quantitative estimate of drug-likeness (QED) is 0.278. The number of esters is 1. The second-order valence-corrected chi connectivity index (χ2v) is 12.1. The molecule has 0 saturated carbocycles. The minimum absolute atomic E-state index is 0.0197. The van der Waals surface area contributed by atoms with Gasteiger partial charge in [0.25, 0.3) is 0 Å². The van der Waals surface area contributed by atoms with Crippen LogP contribution in [0.3, 0.4) is 0 Å². The number of hydrogen-bond acceptors (Lipinski definition) is 6. The largest absolute Gasteiger partial charge is 0.481 e. The standard InChI is InChI=1S/C34H38N4O5/c1-7-20-17(3)23-13-24-19(5)22(9-10-31(39)40)28(37-24)16-30-34(12-11-32(41)43-34)33(6,42)29(38-30)15-27-21(8-2)18(4)25(36-27)14-26(20)35-23/h7-8,13,15-16,26,35-38,42H,1-2,9-12,14H2,3-6H3,(H,39,40)/b23-13-,29-15-,30-16-/t26?,33-,34+/m0/s1. The third kappa shape index (κ3) is 4.33. The molecule has 0 aromatic carbocycles. The number of aromatic nitrogens is 2. The Hall–Kier alpha value is -4.50. The summed E-state index contributed by atoms with van der Waals surface area (Å²) < 4.78 is 5.96. The van der Waals surface area contributed by atoms with Crippen molar-refractivity contribution in [3.05, 3.63) is 92.5 Å². The first-order chi connectivity index (χ1) is 20.4. The minimum Gasteiger partial charge on any atom is -0.481 e. The zero-order chi connectivity index (χ0) is 30.8. The Balaban J connectivity index is 1.63. The molecule has 1 spiro atoms. The second kappa shape index (κ2) is 10.1. The molecule has 6 N–H and O–H groups in total. The first-order valence-corrected chi connectivity index (χ1v) is 14.6. The Morgan fingerprint density at radius 2 is 1.81 bits per heavy atom. The monoisotopic (exact) mass is 582 g/mol. The number of ether oxygens (including phenoxy) is 1. The molecule has 2 aromatic heterocycles. The van der Waals surface area contributed by atoms with Gasteiger partial charge in [-0.2, -0.15) is 0 Å². The zero-order valence-corrected chi connectivity index (χ0v) is 25.0. The summed E-state index contributed by atoms with van der Waals surface area (Å²) in [5.41, 5.74) is 8.40. The van der Waals surface area contributed by atoms with Crippen LogP contribution in [-0.4, -0.2) is 49.4 Å². The maximum absolute atomic E-state index is 12.6. The molecular weight excluding hydrogens is 544 g/mol. The molecule has 3 atom stereocenters. The number of carbonyl (C=O) groups is 2. The van der Waals surface area contributed by atoms with Gasteiger partial charge in [-0.15, -0.1) is 0 Å². The molecule has 2 fully saturated rings. The average molecular weight is 583 g/mol. The highest BCUT2D eigenvalue weighted by Crippen LogP contribution is 2.50. The fourth-order valence-electron chi connectivity index (χ4n) is 7.09. The van der Waals surface area contributed by atoms with Gasteiger partial charge in [-0.3, -0.25) is 9.59 Å². The summed E-state index contributed by atoms with van der Waals surface area (Å²) in [7, 11) is 0. The molecule has 0 amide bonds. The number of H-pyrrole nitrogens is 2. The van der Waals surface area contributed by atoms with E-state index in [-0.39, 0.29) is 24.9 Å². The van der Waals surface area contributed by atoms with E-state index in [2.05, 4.69) is 53.7 Å². The summed E-state index contributed by atoms with van der Waals surface area (Å²) in [5, 5.41) is 28.7. The van der Waals surface area contributed by atoms with Gasteiger partial charge < -0.3 is 35.6 Å². The normalized spacial score (nSPS) is 29.7. The van der Waals surface area contributed by atoms with Crippen LogP contribution in [0.5, 0.6) is 0 Å². The number of rotatable bonds is 5. The topological polar surface area (TPSA) is 139 Å². The molecule has 2 saturated heterocycles. The van der Waals surface area contributed by atoms with Crippen LogP contribution in [-0.2, 0) is 27.2 Å². The summed E-state index contributed by atoms with van der Waals surface area (Å²) in [6, 6.07) is -0.0197. The van der Waals surface area contributed by atoms with E-state index >= 15 is 0 Å². The molecule has 224 valence electrons. The molecule has 9 nitrogen and oxygen atoms in total. The number of carbonyl (C=O) groups excluding carboxylic acids is 1. The molecule has 43 heavy (non-hydrogen) atoms. The van der Waals surface area contributed by atoms with Gasteiger partial charge in [0.05, 0.1) is 17.4 Å². The van der Waals surface area contributed by atoms with Gasteiger partial charge in [0.1, 0.15) is 5.60 Å². The fraction of sp³-hybridized carbons (Fsp3) is 0.353. The number of aliphatic hydroxyl groups is 1. The molecule has 4 aliphatic heterocycles. The summed E-state index contributed by atoms with van der Waals surface area (Å²) in [5.74, 6) is -1.27. The lowest BCUT2D eigenvalue weighted by atomic mass is 9.80. The second-order valence-electron chi connectivity index (χ2n) is 12.1. The Bertz CT molecular complexity index is 1730. The molecule has 2 aromatic rings. The highest BCUT2D eigenvalue weighted by molar-refractivity contribution is 5.78. The van der Waals surface area contributed by atoms with Crippen molar-refractivity contribution in [3.8, 4) is 0 Å². The number of allylic oxidation sites excluding steroid dienone is 1. The number of carboxylic acids is 1. The van der Waals surface area contributed by atoms with E-state index in [0.717, 1.165) is 56.2 Å². The summed E-state index contributed by atoms with van der Waals surface area (Å²) in [6.07, 6.45) is 10.9. The van der Waals surface area contributed by atoms with E-state index in [9.17, 15) is 19.8 Å². The Labute approximate surface area is 250 Å². The van der Waals surface area contributed by atoms with E-state index in [1.807, 2.05) is 31.2 Å². The Morgan fingerprint density at radius 3 is 2.47 bits per heavy atom. The average Bonchev–Trinajstić information content (AvgIpc) is 3.69. The predicted octanol–water partition coefficient (Wildman–Crippen LogP) is 4.80. The first-order valence-electron chi connectivity index (χ1n) is 14.6. The molecule has 1 unspecified atom stereocenters. The van der Waals surface area contributed by atoms with Crippen LogP contribution >= 0.6 is 0 Å². The van der Waals surface area contributed by atoms with E-state index in [1.165, 1.54) is 0 Å². The van der Waals surface area contributed by atoms with Gasteiger partial charge in [-0.25, -0.2) is 0 Å². The molecule has 4 aliphatic rings. The highest BCUT2D eigenvalue weighted by Gasteiger charge is 2.63. The van der Waals surface area contributed by atoms with Crippen LogP contribution in [0.1, 0.15) is 78.1 Å². The van der Waals surface area contributed by atoms with Crippen LogP contribution in [0, 0.1) is 13.8 Å². The third-order valence-electron chi connectivity index (χ3n) is 9.70. The predicted molar refractivity (Wildman–Crippen MR) is 166 cm³/mol. The Kier molecular flexibility index (Phi) is 6.69. The Morgan fingerprint density at radius 1 is 1.07 bits per heavy atom. The molecule has 0 aliphatic carbocycles. The zero-order valence-electron chi connectivity index (χ0n) is 25.0. The molecule has 8 bridgehead atoms. The van der Waals surface area contributed by atoms with E-state index < -0.39 is 17.2 Å². The number of nitrogens with one attached hydrogen (secondary N) is 4. The molecule has 6 rings (SSSR count).